The Hall–Kier alpha value is -2.24. The van der Waals surface area contributed by atoms with E-state index in [-0.39, 0.29) is 5.69 Å². The van der Waals surface area contributed by atoms with Gasteiger partial charge in [-0.2, -0.15) is 5.10 Å². The number of ether oxygens (including phenoxy) is 1. The van der Waals surface area contributed by atoms with Crippen molar-refractivity contribution in [3.63, 3.8) is 0 Å². The third kappa shape index (κ3) is 2.15. The smallest absolute Gasteiger partial charge is 0.330 e. The number of fused-ring (bicyclic) bond motifs is 1. The standard InChI is InChI=1S/C11H10FN3O2/c1-6-7-5-8(12)9(3-4-10(16)17-2)13-11(7)15-14-6/h3-5H,1-2H3,(H,13,14,15)/b4-3+. The summed E-state index contributed by atoms with van der Waals surface area (Å²) in [6.45, 7) is 1.78. The van der Waals surface area contributed by atoms with Crippen molar-refractivity contribution in [2.45, 2.75) is 6.92 Å². The number of hydrogen-bond acceptors (Lipinski definition) is 4. The molecule has 6 heteroatoms. The Morgan fingerprint density at radius 2 is 2.35 bits per heavy atom. The minimum absolute atomic E-state index is 0.0504. The highest BCUT2D eigenvalue weighted by molar-refractivity contribution is 5.87. The van der Waals surface area contributed by atoms with Gasteiger partial charge in [0, 0.05) is 17.2 Å². The molecule has 2 aromatic rings. The van der Waals surface area contributed by atoms with Gasteiger partial charge in [-0.05, 0) is 19.1 Å². The lowest BCUT2D eigenvalue weighted by Crippen LogP contribution is -1.95. The lowest BCUT2D eigenvalue weighted by atomic mass is 10.2. The Balaban J connectivity index is 2.44. The van der Waals surface area contributed by atoms with E-state index < -0.39 is 11.8 Å². The van der Waals surface area contributed by atoms with E-state index in [1.165, 1.54) is 19.3 Å². The van der Waals surface area contributed by atoms with E-state index >= 15 is 0 Å². The quantitative estimate of drug-likeness (QED) is 0.634. The number of rotatable bonds is 2. The molecule has 0 aliphatic rings. The number of halogens is 1. The average Bonchev–Trinajstić information content (AvgIpc) is 2.67. The van der Waals surface area contributed by atoms with Crippen LogP contribution in [0.25, 0.3) is 17.1 Å². The summed E-state index contributed by atoms with van der Waals surface area (Å²) in [6.07, 6.45) is 2.36. The maximum atomic E-state index is 13.6. The van der Waals surface area contributed by atoms with E-state index in [1.54, 1.807) is 6.92 Å². The van der Waals surface area contributed by atoms with Crippen LogP contribution in [0.4, 0.5) is 4.39 Å². The molecule has 2 rings (SSSR count). The molecule has 0 aromatic carbocycles. The maximum absolute atomic E-state index is 13.6. The number of aromatic amines is 1. The fourth-order valence-corrected chi connectivity index (χ4v) is 1.38. The molecule has 0 saturated heterocycles. The number of nitrogens with zero attached hydrogens (tertiary/aromatic N) is 2. The molecule has 0 fully saturated rings. The van der Waals surface area contributed by atoms with Gasteiger partial charge in [0.05, 0.1) is 7.11 Å². The Bertz CT molecular complexity index is 604. The molecule has 0 saturated carbocycles. The average molecular weight is 235 g/mol. The van der Waals surface area contributed by atoms with E-state index in [1.807, 2.05) is 0 Å². The summed E-state index contributed by atoms with van der Waals surface area (Å²) in [4.78, 5) is 14.9. The highest BCUT2D eigenvalue weighted by Gasteiger charge is 2.08. The number of pyridine rings is 1. The first-order chi connectivity index (χ1) is 8.11. The third-order valence-corrected chi connectivity index (χ3v) is 2.29. The molecule has 0 unspecified atom stereocenters. The van der Waals surface area contributed by atoms with Crippen molar-refractivity contribution in [1.82, 2.24) is 15.2 Å². The van der Waals surface area contributed by atoms with Crippen LogP contribution in [0.15, 0.2) is 12.1 Å². The second-order valence-electron chi connectivity index (χ2n) is 3.43. The van der Waals surface area contributed by atoms with Gasteiger partial charge in [-0.15, -0.1) is 0 Å². The third-order valence-electron chi connectivity index (χ3n) is 2.29. The van der Waals surface area contributed by atoms with Crippen LogP contribution in [-0.4, -0.2) is 28.3 Å². The highest BCUT2D eigenvalue weighted by Crippen LogP contribution is 2.17. The zero-order chi connectivity index (χ0) is 12.4. The molecule has 5 nitrogen and oxygen atoms in total. The Morgan fingerprint density at radius 3 is 3.06 bits per heavy atom. The molecule has 2 heterocycles. The molecule has 0 aliphatic carbocycles. The molecule has 0 atom stereocenters. The number of carbonyl (C=O) groups excluding carboxylic acids is 1. The molecular weight excluding hydrogens is 225 g/mol. The van der Waals surface area contributed by atoms with Crippen LogP contribution in [-0.2, 0) is 9.53 Å². The van der Waals surface area contributed by atoms with Crippen molar-refractivity contribution < 1.29 is 13.9 Å². The molecule has 0 spiro atoms. The predicted molar refractivity (Wildman–Crippen MR) is 59.6 cm³/mol. The number of esters is 1. The molecule has 2 aromatic heterocycles. The lowest BCUT2D eigenvalue weighted by Gasteiger charge is -1.96. The number of methoxy groups -OCH3 is 1. The van der Waals surface area contributed by atoms with Crippen LogP contribution in [0.5, 0.6) is 0 Å². The van der Waals surface area contributed by atoms with Gasteiger partial charge < -0.3 is 4.74 Å². The molecule has 1 N–H and O–H groups in total. The first-order valence-corrected chi connectivity index (χ1v) is 4.89. The van der Waals surface area contributed by atoms with Crippen LogP contribution in [0.3, 0.4) is 0 Å². The number of H-pyrrole nitrogens is 1. The van der Waals surface area contributed by atoms with Crippen molar-refractivity contribution in [2.75, 3.05) is 7.11 Å². The van der Waals surface area contributed by atoms with Crippen molar-refractivity contribution >= 4 is 23.1 Å². The molecule has 88 valence electrons. The molecule has 0 bridgehead atoms. The number of nitrogens with one attached hydrogen (secondary N) is 1. The van der Waals surface area contributed by atoms with Gasteiger partial charge in [-0.3, -0.25) is 5.10 Å². The number of carbonyl (C=O) groups is 1. The van der Waals surface area contributed by atoms with Crippen LogP contribution in [0, 0.1) is 12.7 Å². The van der Waals surface area contributed by atoms with Gasteiger partial charge >= 0.3 is 5.97 Å². The van der Waals surface area contributed by atoms with Crippen LogP contribution < -0.4 is 0 Å². The van der Waals surface area contributed by atoms with Crippen molar-refractivity contribution in [1.29, 1.82) is 0 Å². The Labute approximate surface area is 96.3 Å². The van der Waals surface area contributed by atoms with Crippen molar-refractivity contribution in [2.24, 2.45) is 0 Å². The number of aryl methyl sites for hydroxylation is 1. The molecule has 0 radical (unpaired) electrons. The first-order valence-electron chi connectivity index (χ1n) is 4.89. The lowest BCUT2D eigenvalue weighted by molar-refractivity contribution is -0.134. The summed E-state index contributed by atoms with van der Waals surface area (Å²) in [5.74, 6) is -1.08. The topological polar surface area (TPSA) is 67.9 Å². The van der Waals surface area contributed by atoms with Gasteiger partial charge in [0.25, 0.3) is 0 Å². The fourth-order valence-electron chi connectivity index (χ4n) is 1.38. The van der Waals surface area contributed by atoms with E-state index in [2.05, 4.69) is 19.9 Å². The van der Waals surface area contributed by atoms with E-state index in [0.29, 0.717) is 11.0 Å². The van der Waals surface area contributed by atoms with Gasteiger partial charge in [-0.25, -0.2) is 14.2 Å². The second-order valence-corrected chi connectivity index (χ2v) is 3.43. The van der Waals surface area contributed by atoms with Crippen molar-refractivity contribution in [3.05, 3.63) is 29.3 Å². The van der Waals surface area contributed by atoms with Gasteiger partial charge in [-0.1, -0.05) is 0 Å². The van der Waals surface area contributed by atoms with E-state index in [0.717, 1.165) is 11.8 Å². The summed E-state index contributed by atoms with van der Waals surface area (Å²) in [5.41, 5.74) is 1.21. The SMILES string of the molecule is COC(=O)/C=C/c1nc2n[nH]c(C)c2cc1F. The largest absolute Gasteiger partial charge is 0.466 e. The summed E-state index contributed by atoms with van der Waals surface area (Å²) in [7, 11) is 1.25. The fraction of sp³-hybridized carbons (Fsp3) is 0.182. The summed E-state index contributed by atoms with van der Waals surface area (Å²) in [6, 6.07) is 1.33. The van der Waals surface area contributed by atoms with Crippen LogP contribution >= 0.6 is 0 Å². The number of aromatic nitrogens is 3. The zero-order valence-corrected chi connectivity index (χ0v) is 9.32. The zero-order valence-electron chi connectivity index (χ0n) is 9.32. The van der Waals surface area contributed by atoms with Crippen LogP contribution in [0.1, 0.15) is 11.4 Å². The summed E-state index contributed by atoms with van der Waals surface area (Å²) < 4.78 is 18.0. The van der Waals surface area contributed by atoms with Gasteiger partial charge in [0.2, 0.25) is 0 Å². The monoisotopic (exact) mass is 235 g/mol. The Kier molecular flexibility index (Phi) is 2.86. The van der Waals surface area contributed by atoms with Crippen LogP contribution in [0.2, 0.25) is 0 Å². The Morgan fingerprint density at radius 1 is 1.59 bits per heavy atom. The normalized spacial score (nSPS) is 11.2. The predicted octanol–water partition coefficient (Wildman–Crippen LogP) is 1.59. The molecule has 17 heavy (non-hydrogen) atoms. The van der Waals surface area contributed by atoms with Gasteiger partial charge in [0.1, 0.15) is 11.5 Å². The molecule has 0 aliphatic heterocycles. The number of hydrogen-bond donors (Lipinski definition) is 1. The van der Waals surface area contributed by atoms with E-state index in [9.17, 15) is 9.18 Å². The highest BCUT2D eigenvalue weighted by atomic mass is 19.1. The maximum Gasteiger partial charge on any atom is 0.330 e. The minimum Gasteiger partial charge on any atom is -0.466 e. The second kappa shape index (κ2) is 4.32. The summed E-state index contributed by atoms with van der Waals surface area (Å²) >= 11 is 0. The molecule has 0 amide bonds. The molecular formula is C11H10FN3O2. The van der Waals surface area contributed by atoms with Gasteiger partial charge in [0.15, 0.2) is 5.65 Å². The first kappa shape index (κ1) is 11.3. The van der Waals surface area contributed by atoms with E-state index in [4.69, 9.17) is 0 Å². The summed E-state index contributed by atoms with van der Waals surface area (Å²) in [5, 5.41) is 7.25. The van der Waals surface area contributed by atoms with Crippen molar-refractivity contribution in [3.8, 4) is 0 Å². The minimum atomic E-state index is -0.565.